The molecule has 4 atom stereocenters. The summed E-state index contributed by atoms with van der Waals surface area (Å²) in [4.78, 5) is 17.4. The number of anilines is 3. The second-order valence-corrected chi connectivity index (χ2v) is 11.6. The normalized spacial score (nSPS) is 25.2. The summed E-state index contributed by atoms with van der Waals surface area (Å²) in [6.45, 7) is 1.52. The van der Waals surface area contributed by atoms with Gasteiger partial charge in [-0.15, -0.1) is 0 Å². The molecule has 4 aromatic rings. The molecule has 2 aliphatic heterocycles. The highest BCUT2D eigenvalue weighted by atomic mass is 19.3. The summed E-state index contributed by atoms with van der Waals surface area (Å²) in [5.41, 5.74) is 8.38. The van der Waals surface area contributed by atoms with Crippen LogP contribution < -0.4 is 15.5 Å². The van der Waals surface area contributed by atoms with E-state index in [4.69, 9.17) is 10.7 Å². The number of nitrogens with zero attached hydrogens (tertiary/aromatic N) is 5. The monoisotopic (exact) mass is 586 g/mol. The summed E-state index contributed by atoms with van der Waals surface area (Å²) in [6.07, 6.45) is 0. The highest BCUT2D eigenvalue weighted by Gasteiger charge is 2.72. The molecule has 10 heteroatoms. The third-order valence-corrected chi connectivity index (χ3v) is 8.84. The van der Waals surface area contributed by atoms with Gasteiger partial charge in [-0.1, -0.05) is 72.8 Å². The summed E-state index contributed by atoms with van der Waals surface area (Å²) < 4.78 is 52.9. The molecule has 0 radical (unpaired) electrons. The number of hydrogen-bond donors (Lipinski definition) is 1. The van der Waals surface area contributed by atoms with Crippen LogP contribution in [-0.2, 0) is 0 Å². The van der Waals surface area contributed by atoms with E-state index < -0.39 is 35.5 Å². The number of fused-ring (bicyclic) bond motifs is 2. The Hall–Kier alpha value is -4.47. The average molecular weight is 587 g/mol. The Balaban J connectivity index is 0.000000168. The van der Waals surface area contributed by atoms with E-state index in [1.807, 2.05) is 88.7 Å². The zero-order chi connectivity index (χ0) is 29.8. The molecular weight excluding hydrogens is 556 g/mol. The van der Waals surface area contributed by atoms with Gasteiger partial charge in [0, 0.05) is 37.3 Å². The van der Waals surface area contributed by atoms with Crippen molar-refractivity contribution >= 4 is 29.0 Å². The van der Waals surface area contributed by atoms with Gasteiger partial charge in [-0.25, -0.2) is 32.5 Å². The molecule has 2 aromatic heterocycles. The first-order valence-corrected chi connectivity index (χ1v) is 14.4. The number of aliphatic imine (C=N–C) groups is 1. The van der Waals surface area contributed by atoms with Crippen LogP contribution in [0.2, 0.25) is 0 Å². The van der Waals surface area contributed by atoms with Gasteiger partial charge < -0.3 is 15.5 Å². The Labute approximate surface area is 246 Å². The molecule has 6 nitrogen and oxygen atoms in total. The number of rotatable bonds is 5. The van der Waals surface area contributed by atoms with Crippen LogP contribution >= 0.6 is 0 Å². The Morgan fingerprint density at radius 1 is 0.605 bits per heavy atom. The molecule has 2 saturated carbocycles. The highest BCUT2D eigenvalue weighted by molar-refractivity contribution is 6.13. The number of aromatic nitrogens is 2. The summed E-state index contributed by atoms with van der Waals surface area (Å²) in [5, 5.41) is 0. The van der Waals surface area contributed by atoms with Crippen LogP contribution in [0.4, 0.5) is 40.8 Å². The van der Waals surface area contributed by atoms with Crippen molar-refractivity contribution in [1.29, 1.82) is 0 Å². The fraction of sp³-hybridized carbons (Fsp3) is 0.303. The van der Waals surface area contributed by atoms with E-state index in [0.29, 0.717) is 49.5 Å². The van der Waals surface area contributed by atoms with E-state index in [9.17, 15) is 17.6 Å². The number of nitrogens with two attached hydrogens (primary N) is 1. The predicted octanol–water partition coefficient (Wildman–Crippen LogP) is 6.32. The standard InChI is InChI=1S/C23H19F2N3.C10H11F2N3/c24-23(25)18-14-28(15-19(18)23)21-13-7-12-20(26-21)27-22(16-8-3-1-4-9-16)17-10-5-2-6-11-17;11-10(12)6-4-15(5-7(6)10)9-3-1-2-8(13)14-9/h1-13,18-19H,14-15H2;1-3,6-7H,4-5H2,(H2,13,14). The SMILES string of the molecule is FC1(F)C2CN(c3cccc(N=C(c4ccccc4)c4ccccc4)n3)CC21.Nc1cccc(N2CC3C(C2)C3(F)F)n1. The first-order valence-electron chi connectivity index (χ1n) is 14.4. The van der Waals surface area contributed by atoms with Crippen LogP contribution in [0.3, 0.4) is 0 Å². The van der Waals surface area contributed by atoms with Gasteiger partial charge in [-0.3, -0.25) is 0 Å². The van der Waals surface area contributed by atoms with Gasteiger partial charge in [0.05, 0.1) is 29.4 Å². The number of alkyl halides is 4. The van der Waals surface area contributed by atoms with Crippen molar-refractivity contribution in [2.75, 3.05) is 41.7 Å². The summed E-state index contributed by atoms with van der Waals surface area (Å²) in [5.74, 6) is -4.48. The fourth-order valence-electron chi connectivity index (χ4n) is 6.26. The van der Waals surface area contributed by atoms with Crippen LogP contribution in [-0.4, -0.2) is 53.7 Å². The van der Waals surface area contributed by atoms with Gasteiger partial charge >= 0.3 is 0 Å². The van der Waals surface area contributed by atoms with Gasteiger partial charge in [-0.2, -0.15) is 0 Å². The van der Waals surface area contributed by atoms with Crippen molar-refractivity contribution in [1.82, 2.24) is 9.97 Å². The van der Waals surface area contributed by atoms with Crippen molar-refractivity contribution in [3.05, 3.63) is 108 Å². The van der Waals surface area contributed by atoms with Crippen molar-refractivity contribution < 1.29 is 17.6 Å². The maximum absolute atomic E-state index is 13.5. The van der Waals surface area contributed by atoms with Crippen molar-refractivity contribution in [2.45, 2.75) is 11.8 Å². The number of pyridine rings is 2. The molecule has 4 unspecified atom stereocenters. The van der Waals surface area contributed by atoms with E-state index in [1.54, 1.807) is 18.2 Å². The second-order valence-electron chi connectivity index (χ2n) is 11.6. The third kappa shape index (κ3) is 5.19. The molecule has 4 fully saturated rings. The minimum absolute atomic E-state index is 0.363. The lowest BCUT2D eigenvalue weighted by atomic mass is 10.0. The van der Waals surface area contributed by atoms with Crippen molar-refractivity contribution in [3.8, 4) is 0 Å². The molecule has 2 aromatic carbocycles. The molecule has 8 rings (SSSR count). The number of piperidine rings is 2. The highest BCUT2D eigenvalue weighted by Crippen LogP contribution is 2.60. The Kier molecular flexibility index (Phi) is 6.59. The van der Waals surface area contributed by atoms with E-state index in [2.05, 4.69) is 9.97 Å². The van der Waals surface area contributed by atoms with Gasteiger partial charge in [0.1, 0.15) is 17.5 Å². The van der Waals surface area contributed by atoms with Gasteiger partial charge in [-0.05, 0) is 24.3 Å². The van der Waals surface area contributed by atoms with E-state index in [-0.39, 0.29) is 0 Å². The Bertz CT molecular complexity index is 1580. The maximum Gasteiger partial charge on any atom is 0.258 e. The number of benzene rings is 2. The summed E-state index contributed by atoms with van der Waals surface area (Å²) >= 11 is 0. The average Bonchev–Trinajstić information content (AvgIpc) is 3.49. The lowest BCUT2D eigenvalue weighted by Crippen LogP contribution is -2.28. The largest absolute Gasteiger partial charge is 0.384 e. The number of halogens is 4. The van der Waals surface area contributed by atoms with Crippen LogP contribution in [0.1, 0.15) is 11.1 Å². The molecule has 4 aliphatic rings. The summed E-state index contributed by atoms with van der Waals surface area (Å²) in [6, 6.07) is 30.8. The molecule has 4 heterocycles. The maximum atomic E-state index is 13.5. The quantitative estimate of drug-likeness (QED) is 0.219. The predicted molar refractivity (Wildman–Crippen MR) is 159 cm³/mol. The van der Waals surface area contributed by atoms with Crippen LogP contribution in [0, 0.1) is 23.7 Å². The Morgan fingerprint density at radius 2 is 1.05 bits per heavy atom. The zero-order valence-corrected chi connectivity index (χ0v) is 23.2. The number of nitrogen functional groups attached to an aromatic ring is 1. The molecule has 43 heavy (non-hydrogen) atoms. The van der Waals surface area contributed by atoms with Gasteiger partial charge in [0.15, 0.2) is 5.82 Å². The number of hydrogen-bond acceptors (Lipinski definition) is 6. The first kappa shape index (κ1) is 27.4. The van der Waals surface area contributed by atoms with Crippen LogP contribution in [0.25, 0.3) is 0 Å². The Morgan fingerprint density at radius 3 is 1.51 bits per heavy atom. The molecule has 0 bridgehead atoms. The summed E-state index contributed by atoms with van der Waals surface area (Å²) in [7, 11) is 0. The lowest BCUT2D eigenvalue weighted by Gasteiger charge is -2.20. The molecule has 0 amide bonds. The van der Waals surface area contributed by atoms with E-state index >= 15 is 0 Å². The van der Waals surface area contributed by atoms with Crippen LogP contribution in [0.15, 0.2) is 102 Å². The molecule has 2 aliphatic carbocycles. The topological polar surface area (TPSA) is 70.6 Å². The molecule has 220 valence electrons. The smallest absolute Gasteiger partial charge is 0.258 e. The third-order valence-electron chi connectivity index (χ3n) is 8.84. The molecule has 2 N–H and O–H groups in total. The van der Waals surface area contributed by atoms with Crippen molar-refractivity contribution in [3.63, 3.8) is 0 Å². The fourth-order valence-corrected chi connectivity index (χ4v) is 6.26. The first-order chi connectivity index (χ1) is 20.7. The minimum atomic E-state index is -2.49. The van der Waals surface area contributed by atoms with E-state index in [1.165, 1.54) is 0 Å². The zero-order valence-electron chi connectivity index (χ0n) is 23.2. The lowest BCUT2D eigenvalue weighted by molar-refractivity contribution is 0.0791. The van der Waals surface area contributed by atoms with E-state index in [0.717, 1.165) is 16.8 Å². The molecule has 0 spiro atoms. The van der Waals surface area contributed by atoms with Gasteiger partial charge in [0.25, 0.3) is 11.8 Å². The second kappa shape index (κ2) is 10.4. The van der Waals surface area contributed by atoms with Crippen LogP contribution in [0.5, 0.6) is 0 Å². The van der Waals surface area contributed by atoms with Crippen molar-refractivity contribution in [2.24, 2.45) is 28.7 Å². The molecule has 2 saturated heterocycles. The molecular formula is C33H30F4N6. The van der Waals surface area contributed by atoms with Gasteiger partial charge in [0.2, 0.25) is 0 Å². The minimum Gasteiger partial charge on any atom is -0.384 e.